The van der Waals surface area contributed by atoms with E-state index in [0.29, 0.717) is 0 Å². The normalized spacial score (nSPS) is 18.2. The van der Waals surface area contributed by atoms with Gasteiger partial charge in [-0.05, 0) is 145 Å². The van der Waals surface area contributed by atoms with Crippen molar-refractivity contribution in [3.8, 4) is 11.1 Å². The third-order valence-corrected chi connectivity index (χ3v) is 18.2. The van der Waals surface area contributed by atoms with Crippen molar-refractivity contribution in [3.05, 3.63) is 138 Å². The number of aromatic amines is 1. The third kappa shape index (κ3) is 5.36. The van der Waals surface area contributed by atoms with Crippen LogP contribution in [-0.4, -0.2) is 12.3 Å². The van der Waals surface area contributed by atoms with Gasteiger partial charge in [-0.1, -0.05) is 122 Å². The average molecular weight is 852 g/mol. The van der Waals surface area contributed by atoms with Crippen LogP contribution in [0.1, 0.15) is 103 Å². The molecule has 10 aromatic rings. The molecule has 0 fully saturated rings. The van der Waals surface area contributed by atoms with Crippen molar-refractivity contribution >= 4 is 120 Å². The number of fused-ring (bicyclic) bond motifs is 13. The first kappa shape index (κ1) is 38.1. The number of aromatic nitrogens is 1. The maximum atomic E-state index is 4.01. The summed E-state index contributed by atoms with van der Waals surface area (Å²) in [7, 11) is 2.57. The summed E-state index contributed by atoms with van der Waals surface area (Å²) < 4.78 is 5.37. The number of anilines is 3. The molecule has 0 saturated carbocycles. The fraction of sp³-hybridized carbons (Fsp3) is 0.276. The molecular weight excluding hydrogens is 800 g/mol. The summed E-state index contributed by atoms with van der Waals surface area (Å²) in [6, 6.07) is 44.8. The molecule has 0 unspecified atom stereocenters. The molecule has 0 amide bonds. The van der Waals surface area contributed by atoms with Gasteiger partial charge in [-0.25, -0.2) is 0 Å². The van der Waals surface area contributed by atoms with Gasteiger partial charge in [0.15, 0.2) is 0 Å². The fourth-order valence-electron chi connectivity index (χ4n) is 12.0. The summed E-state index contributed by atoms with van der Waals surface area (Å²) in [4.78, 5) is 6.70. The highest BCUT2D eigenvalue weighted by molar-refractivity contribution is 7.29. The summed E-state index contributed by atoms with van der Waals surface area (Å²) >= 11 is 3.92. The number of hydrogen-bond acceptors (Lipinski definition) is 3. The molecule has 1 N–H and O–H groups in total. The minimum atomic E-state index is 0.0799. The van der Waals surface area contributed by atoms with Gasteiger partial charge in [-0.2, -0.15) is 0 Å². The highest BCUT2D eigenvalue weighted by atomic mass is 32.1. The van der Waals surface area contributed by atoms with Crippen LogP contribution in [0.25, 0.3) is 74.0 Å². The molecule has 7 aromatic carbocycles. The van der Waals surface area contributed by atoms with E-state index in [-0.39, 0.29) is 21.7 Å². The minimum Gasteiger partial charge on any atom is -0.354 e. The summed E-state index contributed by atoms with van der Waals surface area (Å²) in [6.07, 6.45) is 4.79. The average Bonchev–Trinajstić information content (AvgIpc) is 3.94. The number of para-hydroxylation sites is 1. The Morgan fingerprint density at radius 2 is 1.17 bits per heavy atom. The monoisotopic (exact) mass is 851 g/mol. The van der Waals surface area contributed by atoms with Gasteiger partial charge < -0.3 is 9.88 Å². The molecule has 309 valence electrons. The largest absolute Gasteiger partial charge is 0.354 e. The molecule has 0 saturated heterocycles. The number of H-pyrrole nitrogens is 1. The topological polar surface area (TPSA) is 19.0 Å². The van der Waals surface area contributed by atoms with E-state index in [4.69, 9.17) is 0 Å². The van der Waals surface area contributed by atoms with Crippen LogP contribution >= 0.6 is 22.7 Å². The van der Waals surface area contributed by atoms with E-state index in [1.807, 2.05) is 22.7 Å². The van der Waals surface area contributed by atoms with Crippen molar-refractivity contribution < 1.29 is 0 Å². The van der Waals surface area contributed by atoms with Crippen molar-refractivity contribution in [1.29, 1.82) is 0 Å². The van der Waals surface area contributed by atoms with Gasteiger partial charge in [-0.3, -0.25) is 0 Å². The van der Waals surface area contributed by atoms with Gasteiger partial charge in [0.25, 0.3) is 0 Å². The number of rotatable bonds is 2. The predicted octanol–water partition coefficient (Wildman–Crippen LogP) is 15.9. The van der Waals surface area contributed by atoms with Crippen LogP contribution in [0.5, 0.6) is 0 Å². The van der Waals surface area contributed by atoms with Crippen LogP contribution in [0.2, 0.25) is 0 Å². The first-order valence-electron chi connectivity index (χ1n) is 23.0. The molecule has 5 heteroatoms. The Morgan fingerprint density at radius 1 is 0.524 bits per heavy atom. The summed E-state index contributed by atoms with van der Waals surface area (Å²) in [5.41, 5.74) is 16.6. The number of nitrogens with one attached hydrogen (secondary N) is 1. The molecule has 3 aromatic heterocycles. The van der Waals surface area contributed by atoms with E-state index in [1.54, 1.807) is 0 Å². The minimum absolute atomic E-state index is 0.0799. The Morgan fingerprint density at radius 3 is 1.94 bits per heavy atom. The van der Waals surface area contributed by atoms with Crippen LogP contribution in [0.4, 0.5) is 17.1 Å². The van der Waals surface area contributed by atoms with Crippen LogP contribution < -0.4 is 15.1 Å². The van der Waals surface area contributed by atoms with Crippen molar-refractivity contribution in [2.24, 2.45) is 0 Å². The van der Waals surface area contributed by atoms with E-state index in [0.717, 1.165) is 0 Å². The molecule has 0 bridgehead atoms. The van der Waals surface area contributed by atoms with Crippen molar-refractivity contribution in [2.75, 3.05) is 4.90 Å². The maximum Gasteiger partial charge on any atom is 0.211 e. The summed E-state index contributed by atoms with van der Waals surface area (Å²) in [6.45, 7) is 19.7. The molecule has 3 aliphatic rings. The van der Waals surface area contributed by atoms with Gasteiger partial charge in [0.05, 0.1) is 11.2 Å². The molecule has 1 aliphatic heterocycles. The lowest BCUT2D eigenvalue weighted by Crippen LogP contribution is -2.39. The first-order valence-corrected chi connectivity index (χ1v) is 24.6. The van der Waals surface area contributed by atoms with Gasteiger partial charge in [0.1, 0.15) is 0 Å². The van der Waals surface area contributed by atoms with Crippen LogP contribution in [-0.2, 0) is 21.7 Å². The van der Waals surface area contributed by atoms with E-state index in [1.165, 1.54) is 149 Å². The maximum absolute atomic E-state index is 4.01. The Labute approximate surface area is 379 Å². The Bertz CT molecular complexity index is 3630. The summed E-state index contributed by atoms with van der Waals surface area (Å²) in [5, 5.41) is 9.11. The summed E-state index contributed by atoms with van der Waals surface area (Å²) in [5.74, 6) is 0. The lowest BCUT2D eigenvalue weighted by Gasteiger charge is -2.43. The second-order valence-corrected chi connectivity index (χ2v) is 23.9. The lowest BCUT2D eigenvalue weighted by molar-refractivity contribution is 0.332. The second kappa shape index (κ2) is 12.7. The van der Waals surface area contributed by atoms with Gasteiger partial charge in [0.2, 0.25) is 7.28 Å². The van der Waals surface area contributed by atoms with Crippen molar-refractivity contribution in [3.63, 3.8) is 0 Å². The number of thiophene rings is 2. The molecule has 2 nitrogen and oxygen atoms in total. The smallest absolute Gasteiger partial charge is 0.211 e. The van der Waals surface area contributed by atoms with Crippen molar-refractivity contribution in [2.45, 2.75) is 103 Å². The third-order valence-electron chi connectivity index (χ3n) is 16.0. The Hall–Kier alpha value is -5.36. The van der Waals surface area contributed by atoms with Crippen LogP contribution in [0.3, 0.4) is 0 Å². The zero-order chi connectivity index (χ0) is 42.9. The van der Waals surface area contributed by atoms with E-state index in [2.05, 4.69) is 188 Å². The number of hydrogen-bond donors (Lipinski definition) is 1. The standard InChI is InChI=1S/C58H52BN2S2/c1-55(2)22-23-56(3,4)41-28-34(20-21-40(41)55)61-45-31-48-49(36-16-11-12-19-46(36)62-48)50(37-18-13-17-35-38-26-32-14-9-10-15-33(32)27-44(38)60-52(35)37)51(45)59-54-53(61)39-29-42-43(30-47(39)63-54)58(7,8)25-24-57(42,5)6/h9-21,26-31,60H,22-25H2,1-8H3. The lowest BCUT2D eigenvalue weighted by atomic mass is 9.61. The van der Waals surface area contributed by atoms with Crippen LogP contribution in [0.15, 0.2) is 115 Å². The van der Waals surface area contributed by atoms with E-state index < -0.39 is 0 Å². The highest BCUT2D eigenvalue weighted by Gasteiger charge is 2.41. The second-order valence-electron chi connectivity index (χ2n) is 21.7. The molecule has 0 spiro atoms. The van der Waals surface area contributed by atoms with Gasteiger partial charge in [-0.15, -0.1) is 22.7 Å². The zero-order valence-electron chi connectivity index (χ0n) is 37.6. The Balaban J connectivity index is 1.16. The molecular formula is C58H52BN2S2. The fourth-order valence-corrected chi connectivity index (χ4v) is 14.3. The SMILES string of the molecule is CC1(C)CCC(C)(C)c2cc(N3c4cc5sc6ccccc6c5c(-c5cccc6c5[nH]c5cc7ccccc7cc56)c4[B]c4sc5cc6c(cc5c43)C(C)(C)CCC6(C)C)ccc21. The number of nitrogens with zero attached hydrogens (tertiary/aromatic N) is 1. The zero-order valence-corrected chi connectivity index (χ0v) is 39.3. The molecule has 0 atom stereocenters. The molecule has 13 rings (SSSR count). The van der Waals surface area contributed by atoms with E-state index in [9.17, 15) is 0 Å². The predicted molar refractivity (Wildman–Crippen MR) is 277 cm³/mol. The Kier molecular flexibility index (Phi) is 7.67. The van der Waals surface area contributed by atoms with Crippen molar-refractivity contribution in [1.82, 2.24) is 4.98 Å². The van der Waals surface area contributed by atoms with Crippen LogP contribution in [0, 0.1) is 0 Å². The molecule has 2 aliphatic carbocycles. The van der Waals surface area contributed by atoms with E-state index >= 15 is 0 Å². The van der Waals surface area contributed by atoms with Gasteiger partial charge in [0, 0.05) is 63.5 Å². The molecule has 1 radical (unpaired) electrons. The first-order chi connectivity index (χ1) is 30.2. The molecule has 4 heterocycles. The number of benzene rings is 7. The quantitative estimate of drug-likeness (QED) is 0.172. The highest BCUT2D eigenvalue weighted by Crippen LogP contribution is 2.54. The van der Waals surface area contributed by atoms with Gasteiger partial charge >= 0.3 is 0 Å². The molecule has 63 heavy (non-hydrogen) atoms.